The maximum Gasteiger partial charge on any atom is 0.329 e. The number of nitrogens with two attached hydrogens (primary N) is 1. The molecule has 0 bridgehead atoms. The Kier molecular flexibility index (Phi) is 8.21. The number of fused-ring (bicyclic) bond motifs is 1. The van der Waals surface area contributed by atoms with Gasteiger partial charge in [0.25, 0.3) is 11.3 Å². The van der Waals surface area contributed by atoms with Crippen molar-refractivity contribution in [1.29, 1.82) is 0 Å². The smallest absolute Gasteiger partial charge is 0.329 e. The molecule has 0 radical (unpaired) electrons. The van der Waals surface area contributed by atoms with Crippen molar-refractivity contribution in [2.24, 2.45) is 0 Å². The van der Waals surface area contributed by atoms with Crippen molar-refractivity contribution in [2.75, 3.05) is 41.2 Å². The van der Waals surface area contributed by atoms with Crippen molar-refractivity contribution in [3.63, 3.8) is 0 Å². The zero-order valence-corrected chi connectivity index (χ0v) is 23.7. The van der Waals surface area contributed by atoms with Gasteiger partial charge in [0.2, 0.25) is 5.91 Å². The van der Waals surface area contributed by atoms with Gasteiger partial charge in [0.1, 0.15) is 22.9 Å². The molecule has 0 aliphatic carbocycles. The fourth-order valence-corrected chi connectivity index (χ4v) is 7.24. The van der Waals surface area contributed by atoms with Gasteiger partial charge in [0.05, 0.1) is 12.8 Å². The fraction of sp³-hybridized carbons (Fsp3) is 0.440. The van der Waals surface area contributed by atoms with Gasteiger partial charge in [-0.1, -0.05) is 22.9 Å². The Labute approximate surface area is 237 Å². The number of ether oxygens (including phenoxy) is 1. The lowest BCUT2D eigenvalue weighted by Gasteiger charge is -2.28. The number of likely N-dealkylation sites (tertiary alicyclic amines) is 1. The molecule has 1 unspecified atom stereocenters. The molecule has 208 valence electrons. The van der Waals surface area contributed by atoms with Gasteiger partial charge in [-0.15, -0.1) is 0 Å². The molecule has 5 rings (SSSR count). The third-order valence-electron chi connectivity index (χ3n) is 7.05. The van der Waals surface area contributed by atoms with E-state index in [0.29, 0.717) is 26.8 Å². The lowest BCUT2D eigenvalue weighted by molar-refractivity contribution is -0.153. The molecule has 2 aliphatic rings. The van der Waals surface area contributed by atoms with Gasteiger partial charge >= 0.3 is 5.97 Å². The zero-order chi connectivity index (χ0) is 27.7. The number of carbonyl (C=O) groups excluding carboxylic acids is 2. The molecule has 2 saturated heterocycles. The zero-order valence-electron chi connectivity index (χ0n) is 21.3. The van der Waals surface area contributed by atoms with E-state index < -0.39 is 35.2 Å². The van der Waals surface area contributed by atoms with Gasteiger partial charge in [-0.3, -0.25) is 9.35 Å². The molecule has 0 saturated carbocycles. The quantitative estimate of drug-likeness (QED) is 0.283. The van der Waals surface area contributed by atoms with Crippen LogP contribution in [-0.4, -0.2) is 73.8 Å². The van der Waals surface area contributed by atoms with Crippen molar-refractivity contribution in [3.05, 3.63) is 41.2 Å². The molecule has 0 spiro atoms. The average Bonchev–Trinajstić information content (AvgIpc) is 3.66. The van der Waals surface area contributed by atoms with Crippen LogP contribution in [0.2, 0.25) is 5.02 Å². The van der Waals surface area contributed by atoms with E-state index >= 15 is 0 Å². The summed E-state index contributed by atoms with van der Waals surface area (Å²) in [4.78, 5) is 38.9. The summed E-state index contributed by atoms with van der Waals surface area (Å²) in [5, 5.41) is 3.06. The summed E-state index contributed by atoms with van der Waals surface area (Å²) < 4.78 is 29.2. The van der Waals surface area contributed by atoms with Gasteiger partial charge in [0.15, 0.2) is 5.13 Å². The number of benzene rings is 1. The van der Waals surface area contributed by atoms with Crippen LogP contribution in [0.4, 0.5) is 16.0 Å². The summed E-state index contributed by atoms with van der Waals surface area (Å²) in [6.07, 6.45) is 5.62. The standard InChI is InChI=1S/C25H29ClN6O5S2/c1-2-37-24(34)20(12-16-11-15-5-7-28-22(27)17(15)13-18(16)26)31-10-6-19(23(31)33)32(39(35)36)21-14-29-25(38-21)30-8-3-4-9-30/h5,7,11,13-14,19-20H,2-4,6,8-10,12H2,1H3,(H2,27,28)(H,35,36)/t19-,20+/m0/s1. The number of nitrogen functional groups attached to an aromatic ring is 1. The summed E-state index contributed by atoms with van der Waals surface area (Å²) in [6.45, 7) is 3.81. The SMILES string of the molecule is CCOC(=O)[C@@H](Cc1cc2ccnc(N)c2cc1Cl)N1CC[C@H](N(c2cnc(N3CCCC3)s2)S(=O)O)C1=O. The van der Waals surface area contributed by atoms with Crippen molar-refractivity contribution >= 4 is 72.8 Å². The Morgan fingerprint density at radius 1 is 1.33 bits per heavy atom. The molecule has 2 aromatic heterocycles. The molecule has 3 atom stereocenters. The summed E-state index contributed by atoms with van der Waals surface area (Å²) in [5.74, 6) is -0.659. The Hall–Kier alpha value is -3.00. The fourth-order valence-electron chi connectivity index (χ4n) is 5.15. The van der Waals surface area contributed by atoms with Gasteiger partial charge in [0, 0.05) is 42.7 Å². The molecular formula is C25H29ClN6O5S2. The van der Waals surface area contributed by atoms with Crippen LogP contribution >= 0.6 is 22.9 Å². The number of anilines is 3. The number of carbonyl (C=O) groups is 2. The number of pyridine rings is 1. The van der Waals surface area contributed by atoms with Crippen molar-refractivity contribution in [2.45, 2.75) is 44.7 Å². The number of aromatic nitrogens is 2. The summed E-state index contributed by atoms with van der Waals surface area (Å²) in [6, 6.07) is 3.42. The topological polar surface area (TPSA) is 142 Å². The van der Waals surface area contributed by atoms with Crippen molar-refractivity contribution in [1.82, 2.24) is 14.9 Å². The molecule has 3 N–H and O–H groups in total. The predicted molar refractivity (Wildman–Crippen MR) is 152 cm³/mol. The van der Waals surface area contributed by atoms with Crippen LogP contribution in [0.3, 0.4) is 0 Å². The van der Waals surface area contributed by atoms with E-state index in [0.717, 1.165) is 36.4 Å². The predicted octanol–water partition coefficient (Wildman–Crippen LogP) is 3.25. The first-order chi connectivity index (χ1) is 18.8. The van der Waals surface area contributed by atoms with E-state index in [1.807, 2.05) is 6.07 Å². The van der Waals surface area contributed by atoms with Crippen LogP contribution in [0.15, 0.2) is 30.6 Å². The summed E-state index contributed by atoms with van der Waals surface area (Å²) in [5.41, 5.74) is 6.62. The van der Waals surface area contributed by atoms with E-state index in [-0.39, 0.29) is 26.0 Å². The Morgan fingerprint density at radius 3 is 2.82 bits per heavy atom. The van der Waals surface area contributed by atoms with Gasteiger partial charge in [-0.2, -0.15) is 0 Å². The van der Waals surface area contributed by atoms with Crippen molar-refractivity contribution < 1.29 is 23.1 Å². The minimum absolute atomic E-state index is 0.107. The van der Waals surface area contributed by atoms with Gasteiger partial charge < -0.3 is 20.3 Å². The number of amides is 1. The minimum Gasteiger partial charge on any atom is -0.464 e. The molecule has 1 amide bonds. The number of rotatable bonds is 9. The summed E-state index contributed by atoms with van der Waals surface area (Å²) in [7, 11) is 0. The lowest BCUT2D eigenvalue weighted by atomic mass is 10.0. The van der Waals surface area contributed by atoms with Crippen LogP contribution in [-0.2, 0) is 32.0 Å². The first-order valence-corrected chi connectivity index (χ1v) is 14.9. The van der Waals surface area contributed by atoms with Gasteiger partial charge in [-0.05, 0) is 55.3 Å². The average molecular weight is 593 g/mol. The number of halogens is 1. The van der Waals surface area contributed by atoms with E-state index in [4.69, 9.17) is 22.1 Å². The Morgan fingerprint density at radius 2 is 2.10 bits per heavy atom. The van der Waals surface area contributed by atoms with Crippen LogP contribution in [0.1, 0.15) is 31.7 Å². The molecule has 2 fully saturated rings. The molecule has 11 nitrogen and oxygen atoms in total. The third-order valence-corrected chi connectivity index (χ3v) is 9.36. The normalized spacial score (nSPS) is 19.1. The maximum atomic E-state index is 13.7. The van der Waals surface area contributed by atoms with E-state index in [2.05, 4.69) is 14.9 Å². The molecule has 2 aliphatic heterocycles. The molecule has 14 heteroatoms. The number of hydrogen-bond donors (Lipinski definition) is 2. The van der Waals surface area contributed by atoms with Crippen LogP contribution in [0, 0.1) is 0 Å². The number of thiazole rings is 1. The largest absolute Gasteiger partial charge is 0.464 e. The van der Waals surface area contributed by atoms with E-state index in [1.54, 1.807) is 25.3 Å². The number of esters is 1. The Bertz CT molecular complexity index is 1410. The van der Waals surface area contributed by atoms with E-state index in [1.165, 1.54) is 26.7 Å². The van der Waals surface area contributed by atoms with Crippen LogP contribution in [0.5, 0.6) is 0 Å². The first-order valence-electron chi connectivity index (χ1n) is 12.7. The second kappa shape index (κ2) is 11.6. The second-order valence-electron chi connectivity index (χ2n) is 9.40. The molecule has 1 aromatic carbocycles. The van der Waals surface area contributed by atoms with Gasteiger partial charge in [-0.25, -0.2) is 23.3 Å². The molecular weight excluding hydrogens is 564 g/mol. The highest BCUT2D eigenvalue weighted by molar-refractivity contribution is 7.81. The van der Waals surface area contributed by atoms with E-state index in [9.17, 15) is 18.4 Å². The highest BCUT2D eigenvalue weighted by Crippen LogP contribution is 2.36. The minimum atomic E-state index is -2.47. The highest BCUT2D eigenvalue weighted by atomic mass is 35.5. The molecule has 3 aromatic rings. The van der Waals surface area contributed by atoms with Crippen LogP contribution in [0.25, 0.3) is 10.8 Å². The van der Waals surface area contributed by atoms with Crippen LogP contribution < -0.4 is 14.9 Å². The summed E-state index contributed by atoms with van der Waals surface area (Å²) >= 11 is 5.38. The number of hydrogen-bond acceptors (Lipinski definition) is 9. The molecule has 4 heterocycles. The lowest BCUT2D eigenvalue weighted by Crippen LogP contribution is -2.49. The first kappa shape index (κ1) is 27.6. The molecule has 39 heavy (non-hydrogen) atoms. The monoisotopic (exact) mass is 592 g/mol. The second-order valence-corrected chi connectivity index (χ2v) is 11.7. The highest BCUT2D eigenvalue weighted by Gasteiger charge is 2.44. The third kappa shape index (κ3) is 5.53. The maximum absolute atomic E-state index is 13.7. The number of nitrogens with zero attached hydrogens (tertiary/aromatic N) is 5. The Balaban J connectivity index is 1.42. The van der Waals surface area contributed by atoms with Crippen molar-refractivity contribution in [3.8, 4) is 0 Å².